The van der Waals surface area contributed by atoms with Crippen LogP contribution in [0.3, 0.4) is 0 Å². The van der Waals surface area contributed by atoms with Crippen LogP contribution in [0.1, 0.15) is 25.0 Å². The minimum absolute atomic E-state index is 0.207. The fraction of sp³-hybridized carbons (Fsp3) is 0.294. The Hall–Kier alpha value is -1.38. The summed E-state index contributed by atoms with van der Waals surface area (Å²) in [4.78, 5) is 0. The van der Waals surface area contributed by atoms with Crippen molar-refractivity contribution in [2.45, 2.75) is 33.4 Å². The first-order valence-electron chi connectivity index (χ1n) is 6.75. The predicted molar refractivity (Wildman–Crippen MR) is 83.6 cm³/mol. The maximum absolute atomic E-state index is 13.2. The van der Waals surface area contributed by atoms with Gasteiger partial charge in [-0.1, -0.05) is 37.6 Å². The summed E-state index contributed by atoms with van der Waals surface area (Å²) in [7, 11) is 0. The third-order valence-electron chi connectivity index (χ3n) is 3.25. The fourth-order valence-electron chi connectivity index (χ4n) is 2.14. The fourth-order valence-corrected chi connectivity index (χ4v) is 2.33. The molecule has 0 atom stereocenters. The summed E-state index contributed by atoms with van der Waals surface area (Å²) in [6, 6.07) is 11.2. The standard InChI is InChI=1S/C17H19ClFN/c1-11(2)20-10-14-9-13(4-7-17(14)18)16-6-5-15(19)8-12(16)3/h4-9,11,20H,10H2,1-3H3. The first-order valence-corrected chi connectivity index (χ1v) is 7.13. The molecule has 1 nitrogen and oxygen atoms in total. The molecule has 2 rings (SSSR count). The maximum atomic E-state index is 13.2. The van der Waals surface area contributed by atoms with Crippen LogP contribution < -0.4 is 5.32 Å². The van der Waals surface area contributed by atoms with Gasteiger partial charge in [0, 0.05) is 17.6 Å². The largest absolute Gasteiger partial charge is 0.310 e. The molecule has 0 bridgehead atoms. The lowest BCUT2D eigenvalue weighted by Crippen LogP contribution is -2.22. The van der Waals surface area contributed by atoms with Crippen molar-refractivity contribution >= 4 is 11.6 Å². The van der Waals surface area contributed by atoms with E-state index in [0.717, 1.165) is 33.8 Å². The Morgan fingerprint density at radius 1 is 1.15 bits per heavy atom. The Labute approximate surface area is 124 Å². The van der Waals surface area contributed by atoms with E-state index in [9.17, 15) is 4.39 Å². The highest BCUT2D eigenvalue weighted by Gasteiger charge is 2.07. The van der Waals surface area contributed by atoms with Gasteiger partial charge in [-0.05, 0) is 53.4 Å². The summed E-state index contributed by atoms with van der Waals surface area (Å²) in [5.41, 5.74) is 4.08. The molecule has 3 heteroatoms. The van der Waals surface area contributed by atoms with Crippen LogP contribution in [0.15, 0.2) is 36.4 Å². The maximum Gasteiger partial charge on any atom is 0.123 e. The Kier molecular flexibility index (Phi) is 4.79. The molecule has 0 unspecified atom stereocenters. The SMILES string of the molecule is Cc1cc(F)ccc1-c1ccc(Cl)c(CNC(C)C)c1. The molecule has 0 aliphatic heterocycles. The van der Waals surface area contributed by atoms with Gasteiger partial charge < -0.3 is 5.32 Å². The number of hydrogen-bond donors (Lipinski definition) is 1. The highest BCUT2D eigenvalue weighted by Crippen LogP contribution is 2.28. The lowest BCUT2D eigenvalue weighted by Gasteiger charge is -2.12. The minimum Gasteiger partial charge on any atom is -0.310 e. The smallest absolute Gasteiger partial charge is 0.123 e. The van der Waals surface area contributed by atoms with Gasteiger partial charge in [-0.3, -0.25) is 0 Å². The van der Waals surface area contributed by atoms with E-state index in [4.69, 9.17) is 11.6 Å². The first-order chi connectivity index (χ1) is 9.47. The average Bonchev–Trinajstić information content (AvgIpc) is 2.38. The van der Waals surface area contributed by atoms with Gasteiger partial charge in [0.1, 0.15) is 5.82 Å². The van der Waals surface area contributed by atoms with Crippen LogP contribution in [-0.4, -0.2) is 6.04 Å². The van der Waals surface area contributed by atoms with Crippen molar-refractivity contribution in [3.8, 4) is 11.1 Å². The molecule has 0 spiro atoms. The van der Waals surface area contributed by atoms with Gasteiger partial charge in [0.25, 0.3) is 0 Å². The van der Waals surface area contributed by atoms with Gasteiger partial charge in [0.2, 0.25) is 0 Å². The zero-order valence-electron chi connectivity index (χ0n) is 12.0. The highest BCUT2D eigenvalue weighted by atomic mass is 35.5. The van der Waals surface area contributed by atoms with Crippen LogP contribution in [0.2, 0.25) is 5.02 Å². The summed E-state index contributed by atoms with van der Waals surface area (Å²) < 4.78 is 13.2. The van der Waals surface area contributed by atoms with Crippen molar-refractivity contribution in [3.63, 3.8) is 0 Å². The molecule has 0 saturated heterocycles. The number of benzene rings is 2. The third-order valence-corrected chi connectivity index (χ3v) is 3.61. The monoisotopic (exact) mass is 291 g/mol. The highest BCUT2D eigenvalue weighted by molar-refractivity contribution is 6.31. The molecule has 20 heavy (non-hydrogen) atoms. The van der Waals surface area contributed by atoms with E-state index in [2.05, 4.69) is 25.2 Å². The topological polar surface area (TPSA) is 12.0 Å². The molecule has 0 radical (unpaired) electrons. The second-order valence-corrected chi connectivity index (χ2v) is 5.71. The average molecular weight is 292 g/mol. The van der Waals surface area contributed by atoms with Gasteiger partial charge in [0.15, 0.2) is 0 Å². The summed E-state index contributed by atoms with van der Waals surface area (Å²) >= 11 is 6.23. The third kappa shape index (κ3) is 3.59. The van der Waals surface area contributed by atoms with Gasteiger partial charge in [0.05, 0.1) is 0 Å². The molecule has 0 heterocycles. The molecular formula is C17H19ClFN. The van der Waals surface area contributed by atoms with Crippen LogP contribution in [0.4, 0.5) is 4.39 Å². The first kappa shape index (κ1) is 15.0. The second-order valence-electron chi connectivity index (χ2n) is 5.30. The van der Waals surface area contributed by atoms with E-state index < -0.39 is 0 Å². The molecule has 0 aromatic heterocycles. The minimum atomic E-state index is -0.207. The van der Waals surface area contributed by atoms with Gasteiger partial charge in [-0.2, -0.15) is 0 Å². The van der Waals surface area contributed by atoms with Crippen molar-refractivity contribution in [2.75, 3.05) is 0 Å². The molecular weight excluding hydrogens is 273 g/mol. The van der Waals surface area contributed by atoms with Crippen molar-refractivity contribution in [1.29, 1.82) is 0 Å². The van der Waals surface area contributed by atoms with Crippen LogP contribution in [0.5, 0.6) is 0 Å². The Balaban J connectivity index is 2.35. The summed E-state index contributed by atoms with van der Waals surface area (Å²) in [6.07, 6.45) is 0. The number of aryl methyl sites for hydroxylation is 1. The number of hydrogen-bond acceptors (Lipinski definition) is 1. The summed E-state index contributed by atoms with van der Waals surface area (Å²) in [5, 5.41) is 4.11. The molecule has 2 aromatic rings. The molecule has 2 aromatic carbocycles. The van der Waals surface area contributed by atoms with E-state index in [0.29, 0.717) is 6.04 Å². The molecule has 0 aliphatic rings. The van der Waals surface area contributed by atoms with Crippen LogP contribution in [0, 0.1) is 12.7 Å². The second kappa shape index (κ2) is 6.38. The number of halogens is 2. The lowest BCUT2D eigenvalue weighted by atomic mass is 9.98. The molecule has 0 aliphatic carbocycles. The quantitative estimate of drug-likeness (QED) is 0.840. The van der Waals surface area contributed by atoms with Crippen molar-refractivity contribution in [1.82, 2.24) is 5.32 Å². The normalized spacial score (nSPS) is 11.1. The Morgan fingerprint density at radius 3 is 2.55 bits per heavy atom. The van der Waals surface area contributed by atoms with Crippen LogP contribution in [0.25, 0.3) is 11.1 Å². The Morgan fingerprint density at radius 2 is 1.90 bits per heavy atom. The predicted octanol–water partition coefficient (Wildman–Crippen LogP) is 4.95. The number of nitrogens with one attached hydrogen (secondary N) is 1. The van der Waals surface area contributed by atoms with Gasteiger partial charge in [-0.15, -0.1) is 0 Å². The Bertz CT molecular complexity index is 608. The van der Waals surface area contributed by atoms with Crippen LogP contribution in [-0.2, 0) is 6.54 Å². The zero-order valence-corrected chi connectivity index (χ0v) is 12.8. The number of rotatable bonds is 4. The lowest BCUT2D eigenvalue weighted by molar-refractivity contribution is 0.589. The van der Waals surface area contributed by atoms with E-state index in [1.54, 1.807) is 6.07 Å². The van der Waals surface area contributed by atoms with E-state index in [1.165, 1.54) is 6.07 Å². The van der Waals surface area contributed by atoms with Crippen LogP contribution >= 0.6 is 11.6 Å². The van der Waals surface area contributed by atoms with Gasteiger partial charge >= 0.3 is 0 Å². The summed E-state index contributed by atoms with van der Waals surface area (Å²) in [6.45, 7) is 6.84. The van der Waals surface area contributed by atoms with Gasteiger partial charge in [-0.25, -0.2) is 4.39 Å². The molecule has 1 N–H and O–H groups in total. The van der Waals surface area contributed by atoms with Crippen molar-refractivity contribution in [3.05, 3.63) is 58.4 Å². The van der Waals surface area contributed by atoms with Crippen molar-refractivity contribution in [2.24, 2.45) is 0 Å². The molecule has 106 valence electrons. The van der Waals surface area contributed by atoms with Crippen molar-refractivity contribution < 1.29 is 4.39 Å². The summed E-state index contributed by atoms with van der Waals surface area (Å²) in [5.74, 6) is -0.207. The van der Waals surface area contributed by atoms with E-state index >= 15 is 0 Å². The molecule has 0 fully saturated rings. The molecule has 0 saturated carbocycles. The molecule has 0 amide bonds. The zero-order chi connectivity index (χ0) is 14.7. The van der Waals surface area contributed by atoms with E-state index in [1.807, 2.05) is 25.1 Å². The van der Waals surface area contributed by atoms with E-state index in [-0.39, 0.29) is 5.82 Å².